The molecule has 11 aromatic rings. The van der Waals surface area contributed by atoms with Gasteiger partial charge in [-0.15, -0.1) is 11.3 Å². The second-order valence-electron chi connectivity index (χ2n) is 14.7. The van der Waals surface area contributed by atoms with Gasteiger partial charge in [-0.1, -0.05) is 121 Å². The average molecular weight is 750 g/mol. The van der Waals surface area contributed by atoms with Crippen LogP contribution in [0.15, 0.2) is 179 Å². The van der Waals surface area contributed by atoms with Crippen LogP contribution in [0.4, 0.5) is 0 Å². The largest absolute Gasteiger partial charge is 0.456 e. The van der Waals surface area contributed by atoms with E-state index in [4.69, 9.17) is 23.8 Å². The minimum Gasteiger partial charge on any atom is -0.456 e. The number of fused-ring (bicyclic) bond motifs is 9. The van der Waals surface area contributed by atoms with E-state index >= 15 is 0 Å². The zero-order valence-electron chi connectivity index (χ0n) is 30.5. The zero-order valence-corrected chi connectivity index (χ0v) is 31.3. The van der Waals surface area contributed by atoms with Gasteiger partial charge in [-0.3, -0.25) is 0 Å². The molecule has 4 heterocycles. The molecule has 0 saturated heterocycles. The highest BCUT2D eigenvalue weighted by atomic mass is 32.1. The van der Waals surface area contributed by atoms with E-state index in [9.17, 15) is 0 Å². The monoisotopic (exact) mass is 749 g/mol. The van der Waals surface area contributed by atoms with Crippen molar-refractivity contribution in [1.82, 2.24) is 15.0 Å². The molecule has 0 aliphatic heterocycles. The minimum absolute atomic E-state index is 0.00188. The summed E-state index contributed by atoms with van der Waals surface area (Å²) in [7, 11) is 0. The average Bonchev–Trinajstić information content (AvgIpc) is 3.97. The first-order valence-electron chi connectivity index (χ1n) is 19.2. The first-order chi connectivity index (χ1) is 28.2. The highest BCUT2D eigenvalue weighted by Gasteiger charge is 2.22. The molecule has 6 heteroatoms. The van der Waals surface area contributed by atoms with Gasteiger partial charge < -0.3 is 8.83 Å². The third-order valence-corrected chi connectivity index (χ3v) is 12.4. The van der Waals surface area contributed by atoms with Crippen LogP contribution in [-0.4, -0.2) is 15.0 Å². The Morgan fingerprint density at radius 3 is 2.00 bits per heavy atom. The molecule has 0 saturated carbocycles. The zero-order chi connectivity index (χ0) is 37.5. The van der Waals surface area contributed by atoms with Crippen molar-refractivity contribution in [3.8, 4) is 33.9 Å². The summed E-state index contributed by atoms with van der Waals surface area (Å²) in [4.78, 5) is 15.7. The predicted molar refractivity (Wildman–Crippen MR) is 234 cm³/mol. The van der Waals surface area contributed by atoms with E-state index in [1.54, 1.807) is 11.3 Å². The number of allylic oxidation sites excluding steroid dienone is 4. The second kappa shape index (κ2) is 12.7. The normalized spacial score (nSPS) is 14.5. The molecule has 0 spiro atoms. The van der Waals surface area contributed by atoms with Crippen LogP contribution < -0.4 is 0 Å². The van der Waals surface area contributed by atoms with Gasteiger partial charge in [0.15, 0.2) is 11.6 Å². The lowest BCUT2D eigenvalue weighted by Gasteiger charge is -2.17. The Kier molecular flexibility index (Phi) is 7.16. The fraction of sp³-hybridized carbons (Fsp3) is 0.0392. The molecule has 0 radical (unpaired) electrons. The third-order valence-electron chi connectivity index (χ3n) is 11.3. The van der Waals surface area contributed by atoms with Crippen molar-refractivity contribution in [2.45, 2.75) is 12.3 Å². The van der Waals surface area contributed by atoms with E-state index in [2.05, 4.69) is 140 Å². The molecule has 1 atom stereocenters. The Morgan fingerprint density at radius 1 is 0.474 bits per heavy atom. The summed E-state index contributed by atoms with van der Waals surface area (Å²) >= 11 is 1.80. The lowest BCUT2D eigenvalue weighted by atomic mass is 9.92. The molecule has 268 valence electrons. The molecular formula is C51H31N3O2S. The number of thiophene rings is 1. The van der Waals surface area contributed by atoms with Gasteiger partial charge >= 0.3 is 0 Å². The quantitative estimate of drug-likeness (QED) is 0.175. The standard InChI is InChI=1S/C51H31N3O2S/c1-2-9-30(10-3-1)31-17-19-32(20-18-31)49-52-50(35-23-25-39-38-12-5-7-16-46(38)57-47(39)29-35)54-51(53-49)41-13-8-15-43-48(41)40-26-22-34(28-45(40)56-43)33-21-24-37-36-11-4-6-14-42(36)55-44(37)27-33/h1-19,21-29,32H,20H2. The molecule has 0 N–H and O–H groups in total. The van der Waals surface area contributed by atoms with Crippen LogP contribution in [0, 0.1) is 0 Å². The SMILES string of the molecule is C1=CC(c2nc(-c3ccc4c(c3)sc3ccccc34)nc(-c3cccc4oc5cc(-c6ccc7c(c6)oc6ccccc67)ccc5c34)n2)CC=C1c1ccccc1. The summed E-state index contributed by atoms with van der Waals surface area (Å²) in [5.41, 5.74) is 9.77. The highest BCUT2D eigenvalue weighted by Crippen LogP contribution is 2.41. The Balaban J connectivity index is 0.986. The number of aromatic nitrogens is 3. The van der Waals surface area contributed by atoms with Gasteiger partial charge in [0.05, 0.1) is 0 Å². The summed E-state index contributed by atoms with van der Waals surface area (Å²) in [5.74, 6) is 2.04. The summed E-state index contributed by atoms with van der Waals surface area (Å²) < 4.78 is 15.3. The number of rotatable bonds is 5. The van der Waals surface area contributed by atoms with Gasteiger partial charge in [-0.25, -0.2) is 15.0 Å². The van der Waals surface area contributed by atoms with Gasteiger partial charge in [-0.05, 0) is 77.2 Å². The minimum atomic E-state index is -0.00188. The van der Waals surface area contributed by atoms with Crippen LogP contribution in [0.5, 0.6) is 0 Å². The molecule has 0 fully saturated rings. The number of hydrogen-bond donors (Lipinski definition) is 0. The Bertz CT molecular complexity index is 3460. The molecule has 1 aliphatic carbocycles. The fourth-order valence-electron chi connectivity index (χ4n) is 8.43. The fourth-order valence-corrected chi connectivity index (χ4v) is 9.57. The number of para-hydroxylation sites is 1. The van der Waals surface area contributed by atoms with Crippen LogP contribution in [0.25, 0.3) is 104 Å². The van der Waals surface area contributed by atoms with Crippen molar-refractivity contribution >= 4 is 81.0 Å². The van der Waals surface area contributed by atoms with E-state index in [1.165, 1.54) is 31.3 Å². The summed E-state index contributed by atoms with van der Waals surface area (Å²) in [6.45, 7) is 0. The molecule has 7 aromatic carbocycles. The van der Waals surface area contributed by atoms with Crippen LogP contribution in [0.3, 0.4) is 0 Å². The van der Waals surface area contributed by atoms with Crippen molar-refractivity contribution < 1.29 is 8.83 Å². The maximum Gasteiger partial charge on any atom is 0.164 e. The number of furan rings is 2. The second-order valence-corrected chi connectivity index (χ2v) is 15.8. The molecular weight excluding hydrogens is 719 g/mol. The maximum absolute atomic E-state index is 6.59. The van der Waals surface area contributed by atoms with Gasteiger partial charge in [0, 0.05) is 58.8 Å². The van der Waals surface area contributed by atoms with E-state index in [1.807, 2.05) is 30.3 Å². The molecule has 5 nitrogen and oxygen atoms in total. The molecule has 0 bridgehead atoms. The Morgan fingerprint density at radius 2 is 1.14 bits per heavy atom. The lowest BCUT2D eigenvalue weighted by Crippen LogP contribution is -2.08. The number of hydrogen-bond acceptors (Lipinski definition) is 6. The first-order valence-corrected chi connectivity index (χ1v) is 20.0. The smallest absolute Gasteiger partial charge is 0.164 e. The number of nitrogens with zero attached hydrogens (tertiary/aromatic N) is 3. The van der Waals surface area contributed by atoms with Gasteiger partial charge in [0.1, 0.15) is 28.2 Å². The first kappa shape index (κ1) is 32.1. The molecule has 4 aromatic heterocycles. The van der Waals surface area contributed by atoms with Crippen molar-refractivity contribution in [3.05, 3.63) is 181 Å². The maximum atomic E-state index is 6.59. The van der Waals surface area contributed by atoms with E-state index in [-0.39, 0.29) is 5.92 Å². The van der Waals surface area contributed by atoms with Crippen molar-refractivity contribution in [1.29, 1.82) is 0 Å². The summed E-state index contributed by atoms with van der Waals surface area (Å²) in [6.07, 6.45) is 7.52. The van der Waals surface area contributed by atoms with Crippen LogP contribution in [-0.2, 0) is 0 Å². The third kappa shape index (κ3) is 5.33. The molecule has 57 heavy (non-hydrogen) atoms. The Hall–Kier alpha value is -7.15. The van der Waals surface area contributed by atoms with Crippen LogP contribution >= 0.6 is 11.3 Å². The van der Waals surface area contributed by atoms with Gasteiger partial charge in [0.25, 0.3) is 0 Å². The summed E-state index contributed by atoms with van der Waals surface area (Å²) in [5, 5.41) is 6.75. The van der Waals surface area contributed by atoms with Crippen molar-refractivity contribution in [3.63, 3.8) is 0 Å². The lowest BCUT2D eigenvalue weighted by molar-refractivity contribution is 0.668. The predicted octanol–water partition coefficient (Wildman–Crippen LogP) is 14.2. The highest BCUT2D eigenvalue weighted by molar-refractivity contribution is 7.25. The van der Waals surface area contributed by atoms with Crippen molar-refractivity contribution in [2.75, 3.05) is 0 Å². The molecule has 0 amide bonds. The van der Waals surface area contributed by atoms with E-state index < -0.39 is 0 Å². The molecule has 12 rings (SSSR count). The topological polar surface area (TPSA) is 65.0 Å². The van der Waals surface area contributed by atoms with Gasteiger partial charge in [0.2, 0.25) is 0 Å². The Labute approximate surface area is 330 Å². The van der Waals surface area contributed by atoms with Crippen LogP contribution in [0.2, 0.25) is 0 Å². The van der Waals surface area contributed by atoms with E-state index in [0.717, 1.165) is 78.4 Å². The van der Waals surface area contributed by atoms with Crippen LogP contribution in [0.1, 0.15) is 23.7 Å². The summed E-state index contributed by atoms with van der Waals surface area (Å²) in [6, 6.07) is 52.8. The van der Waals surface area contributed by atoms with Gasteiger partial charge in [-0.2, -0.15) is 0 Å². The number of benzene rings is 7. The van der Waals surface area contributed by atoms with E-state index in [0.29, 0.717) is 11.6 Å². The molecule has 1 aliphatic rings. The molecule has 1 unspecified atom stereocenters. The van der Waals surface area contributed by atoms with Crippen molar-refractivity contribution in [2.24, 2.45) is 0 Å².